The fraction of sp³-hybridized carbons (Fsp3) is 0.933. The van der Waals surface area contributed by atoms with E-state index in [4.69, 9.17) is 0 Å². The van der Waals surface area contributed by atoms with Crippen LogP contribution in [-0.4, -0.2) is 34.2 Å². The SMILES string of the molecule is CCC(C)CSCCCCC(C)(NC(C)C)C(=O)O. The molecular weight excluding hydrogens is 258 g/mol. The highest BCUT2D eigenvalue weighted by Gasteiger charge is 2.32. The van der Waals surface area contributed by atoms with Crippen LogP contribution in [0.1, 0.15) is 60.3 Å². The van der Waals surface area contributed by atoms with Crippen molar-refractivity contribution in [3.63, 3.8) is 0 Å². The molecular formula is C15H31NO2S. The summed E-state index contributed by atoms with van der Waals surface area (Å²) in [5.41, 5.74) is -0.782. The fourth-order valence-electron chi connectivity index (χ4n) is 1.96. The molecule has 19 heavy (non-hydrogen) atoms. The zero-order chi connectivity index (χ0) is 14.9. The van der Waals surface area contributed by atoms with Crippen LogP contribution in [0.5, 0.6) is 0 Å². The van der Waals surface area contributed by atoms with E-state index in [0.717, 1.165) is 24.5 Å². The first-order valence-corrected chi connectivity index (χ1v) is 8.56. The second-order valence-electron chi connectivity index (χ2n) is 5.98. The number of aliphatic carboxylic acids is 1. The number of unbranched alkanes of at least 4 members (excludes halogenated alkanes) is 1. The largest absolute Gasteiger partial charge is 0.480 e. The third-order valence-corrected chi connectivity index (χ3v) is 4.78. The lowest BCUT2D eigenvalue weighted by atomic mass is 9.94. The lowest BCUT2D eigenvalue weighted by molar-refractivity contribution is -0.144. The maximum atomic E-state index is 11.3. The lowest BCUT2D eigenvalue weighted by Crippen LogP contribution is -2.52. The Morgan fingerprint density at radius 2 is 1.95 bits per heavy atom. The van der Waals surface area contributed by atoms with Gasteiger partial charge < -0.3 is 5.11 Å². The van der Waals surface area contributed by atoms with E-state index in [0.29, 0.717) is 6.42 Å². The van der Waals surface area contributed by atoms with Crippen LogP contribution < -0.4 is 5.32 Å². The number of rotatable bonds is 11. The first-order chi connectivity index (χ1) is 8.81. The van der Waals surface area contributed by atoms with Crippen molar-refractivity contribution in [2.24, 2.45) is 5.92 Å². The van der Waals surface area contributed by atoms with Crippen molar-refractivity contribution in [3.05, 3.63) is 0 Å². The molecule has 0 amide bonds. The molecule has 0 saturated heterocycles. The highest BCUT2D eigenvalue weighted by atomic mass is 32.2. The zero-order valence-corrected chi connectivity index (χ0v) is 14.0. The molecule has 0 fully saturated rings. The molecule has 0 aromatic heterocycles. The summed E-state index contributed by atoms with van der Waals surface area (Å²) in [6.07, 6.45) is 4.01. The Labute approximate surface area is 122 Å². The fourth-order valence-corrected chi connectivity index (χ4v) is 3.18. The Morgan fingerprint density at radius 1 is 1.32 bits per heavy atom. The second kappa shape index (κ2) is 9.65. The van der Waals surface area contributed by atoms with Gasteiger partial charge in [0.1, 0.15) is 5.54 Å². The Hall–Kier alpha value is -0.220. The Kier molecular flexibility index (Phi) is 9.54. The van der Waals surface area contributed by atoms with Crippen molar-refractivity contribution >= 4 is 17.7 Å². The van der Waals surface area contributed by atoms with Crippen molar-refractivity contribution in [2.45, 2.75) is 71.9 Å². The maximum Gasteiger partial charge on any atom is 0.323 e. The van der Waals surface area contributed by atoms with Gasteiger partial charge in [0.25, 0.3) is 0 Å². The number of hydrogen-bond donors (Lipinski definition) is 2. The Balaban J connectivity index is 3.86. The van der Waals surface area contributed by atoms with Crippen molar-refractivity contribution in [1.82, 2.24) is 5.32 Å². The molecule has 2 unspecified atom stereocenters. The maximum absolute atomic E-state index is 11.3. The van der Waals surface area contributed by atoms with Crippen LogP contribution in [0.4, 0.5) is 0 Å². The van der Waals surface area contributed by atoms with Gasteiger partial charge >= 0.3 is 5.97 Å². The first kappa shape index (κ1) is 18.8. The van der Waals surface area contributed by atoms with Gasteiger partial charge in [-0.1, -0.05) is 26.7 Å². The molecule has 0 radical (unpaired) electrons. The van der Waals surface area contributed by atoms with E-state index >= 15 is 0 Å². The third kappa shape index (κ3) is 8.53. The smallest absolute Gasteiger partial charge is 0.323 e. The Morgan fingerprint density at radius 3 is 2.42 bits per heavy atom. The number of carboxylic acid groups (broad SMARTS) is 1. The summed E-state index contributed by atoms with van der Waals surface area (Å²) < 4.78 is 0. The quantitative estimate of drug-likeness (QED) is 0.568. The minimum atomic E-state index is -0.782. The molecule has 0 aromatic carbocycles. The molecule has 2 atom stereocenters. The van der Waals surface area contributed by atoms with Crippen LogP contribution in [-0.2, 0) is 4.79 Å². The minimum Gasteiger partial charge on any atom is -0.480 e. The van der Waals surface area contributed by atoms with E-state index in [2.05, 4.69) is 19.2 Å². The topological polar surface area (TPSA) is 49.3 Å². The number of thioether (sulfide) groups is 1. The average Bonchev–Trinajstić information content (AvgIpc) is 2.32. The molecule has 0 aliphatic heterocycles. The van der Waals surface area contributed by atoms with Gasteiger partial charge in [0.2, 0.25) is 0 Å². The van der Waals surface area contributed by atoms with E-state index in [1.165, 1.54) is 12.2 Å². The molecule has 0 rings (SSSR count). The van der Waals surface area contributed by atoms with E-state index in [-0.39, 0.29) is 6.04 Å². The number of hydrogen-bond acceptors (Lipinski definition) is 3. The standard InChI is InChI=1S/C15H31NO2S/c1-6-13(4)11-19-10-8-7-9-15(5,14(17)18)16-12(2)3/h12-13,16H,6-11H2,1-5H3,(H,17,18). The zero-order valence-electron chi connectivity index (χ0n) is 13.2. The van der Waals surface area contributed by atoms with Crippen LogP contribution in [0, 0.1) is 5.92 Å². The first-order valence-electron chi connectivity index (χ1n) is 7.40. The molecule has 0 spiro atoms. The number of carboxylic acids is 1. The lowest BCUT2D eigenvalue weighted by Gasteiger charge is -2.28. The highest BCUT2D eigenvalue weighted by Crippen LogP contribution is 2.18. The summed E-state index contributed by atoms with van der Waals surface area (Å²) in [4.78, 5) is 11.3. The van der Waals surface area contributed by atoms with Gasteiger partial charge in [0.15, 0.2) is 0 Å². The molecule has 114 valence electrons. The summed E-state index contributed by atoms with van der Waals surface area (Å²) in [5, 5.41) is 12.5. The number of carbonyl (C=O) groups is 1. The van der Waals surface area contributed by atoms with Gasteiger partial charge in [-0.05, 0) is 51.0 Å². The molecule has 0 aliphatic rings. The molecule has 0 heterocycles. The van der Waals surface area contributed by atoms with Gasteiger partial charge in [-0.2, -0.15) is 11.8 Å². The van der Waals surface area contributed by atoms with Crippen LogP contribution >= 0.6 is 11.8 Å². The predicted octanol–water partition coefficient (Wildman–Crippen LogP) is 3.78. The van der Waals surface area contributed by atoms with Crippen LogP contribution in [0.15, 0.2) is 0 Å². The van der Waals surface area contributed by atoms with Gasteiger partial charge in [0.05, 0.1) is 0 Å². The van der Waals surface area contributed by atoms with E-state index in [9.17, 15) is 9.90 Å². The summed E-state index contributed by atoms with van der Waals surface area (Å²) in [5.74, 6) is 2.41. The molecule has 2 N–H and O–H groups in total. The second-order valence-corrected chi connectivity index (χ2v) is 7.13. The van der Waals surface area contributed by atoms with Crippen molar-refractivity contribution in [1.29, 1.82) is 0 Å². The van der Waals surface area contributed by atoms with Gasteiger partial charge in [-0.15, -0.1) is 0 Å². The summed E-state index contributed by atoms with van der Waals surface area (Å²) in [6.45, 7) is 10.3. The van der Waals surface area contributed by atoms with E-state index < -0.39 is 11.5 Å². The number of nitrogens with one attached hydrogen (secondary N) is 1. The molecule has 0 aromatic rings. The third-order valence-electron chi connectivity index (χ3n) is 3.39. The van der Waals surface area contributed by atoms with Gasteiger partial charge in [0, 0.05) is 6.04 Å². The van der Waals surface area contributed by atoms with Crippen molar-refractivity contribution < 1.29 is 9.90 Å². The van der Waals surface area contributed by atoms with Gasteiger partial charge in [-0.25, -0.2) is 0 Å². The van der Waals surface area contributed by atoms with Crippen LogP contribution in [0.2, 0.25) is 0 Å². The monoisotopic (exact) mass is 289 g/mol. The Bertz CT molecular complexity index is 259. The summed E-state index contributed by atoms with van der Waals surface area (Å²) in [7, 11) is 0. The highest BCUT2D eigenvalue weighted by molar-refractivity contribution is 7.99. The average molecular weight is 289 g/mol. The molecule has 0 saturated carbocycles. The summed E-state index contributed by atoms with van der Waals surface area (Å²) in [6, 6.07) is 0.195. The minimum absolute atomic E-state index is 0.195. The normalized spacial score (nSPS) is 16.3. The van der Waals surface area contributed by atoms with E-state index in [1.54, 1.807) is 6.92 Å². The van der Waals surface area contributed by atoms with Gasteiger partial charge in [-0.3, -0.25) is 10.1 Å². The van der Waals surface area contributed by atoms with E-state index in [1.807, 2.05) is 25.6 Å². The molecule has 0 bridgehead atoms. The molecule has 0 aliphatic carbocycles. The van der Waals surface area contributed by atoms with Crippen LogP contribution in [0.3, 0.4) is 0 Å². The molecule has 4 heteroatoms. The van der Waals surface area contributed by atoms with Crippen molar-refractivity contribution in [3.8, 4) is 0 Å². The van der Waals surface area contributed by atoms with Crippen molar-refractivity contribution in [2.75, 3.05) is 11.5 Å². The van der Waals surface area contributed by atoms with Crippen LogP contribution in [0.25, 0.3) is 0 Å². The predicted molar refractivity (Wildman–Crippen MR) is 84.9 cm³/mol. The summed E-state index contributed by atoms with van der Waals surface area (Å²) >= 11 is 1.99. The molecule has 3 nitrogen and oxygen atoms in total.